The van der Waals surface area contributed by atoms with Crippen LogP contribution in [0.5, 0.6) is 0 Å². The predicted molar refractivity (Wildman–Crippen MR) is 224 cm³/mol. The van der Waals surface area contributed by atoms with Crippen LogP contribution in [0, 0.1) is 7.14 Å². The molecule has 0 radical (unpaired) electrons. The molecule has 1 aliphatic rings. The number of para-hydroxylation sites is 1. The van der Waals surface area contributed by atoms with Gasteiger partial charge < -0.3 is 0 Å². The molecule has 0 unspecified atom stereocenters. The summed E-state index contributed by atoms with van der Waals surface area (Å²) in [5.41, 5.74) is 13.8. The van der Waals surface area contributed by atoms with Gasteiger partial charge in [0, 0.05) is 11.1 Å². The van der Waals surface area contributed by atoms with Crippen molar-refractivity contribution < 1.29 is 21.2 Å². The standard InChI is InChI=1S/C51H32IN4/c1-3-14-33(15-4-1)35-18-11-19-37(30-35)50-53-49(34-16-5-2-6-17-34)54-51(55-50)38-20-12-21-39(31-38)56-46-27-10-8-23-42(46)43-29-28-36(32-47(43)56)40-24-13-25-44-41-22-7-9-26-45(41)52-48(40)44/h1-32H/q-1. The first-order valence-corrected chi connectivity index (χ1v) is 20.9. The Kier molecular flexibility index (Phi) is 7.91. The summed E-state index contributed by atoms with van der Waals surface area (Å²) in [6.45, 7) is 0. The maximum atomic E-state index is 5.16. The molecule has 1 aliphatic heterocycles. The first-order chi connectivity index (χ1) is 27.7. The molecule has 0 N–H and O–H groups in total. The van der Waals surface area contributed by atoms with Gasteiger partial charge in [-0.1, -0.05) is 78.9 Å². The first kappa shape index (κ1) is 32.7. The third kappa shape index (κ3) is 5.62. The minimum absolute atomic E-state index is 0.272. The molecule has 10 aromatic rings. The molecule has 0 fully saturated rings. The van der Waals surface area contributed by atoms with Gasteiger partial charge >= 0.3 is 225 Å². The Morgan fingerprint density at radius 2 is 0.911 bits per heavy atom. The van der Waals surface area contributed by atoms with E-state index in [1.165, 1.54) is 45.7 Å². The molecule has 4 nitrogen and oxygen atoms in total. The fourth-order valence-electron chi connectivity index (χ4n) is 7.95. The predicted octanol–water partition coefficient (Wildman–Crippen LogP) is 9.41. The van der Waals surface area contributed by atoms with Crippen LogP contribution in [0.2, 0.25) is 0 Å². The van der Waals surface area contributed by atoms with Crippen LogP contribution in [0.15, 0.2) is 194 Å². The molecule has 3 heterocycles. The molecule has 2 aromatic heterocycles. The smallest absolute Gasteiger partial charge is 0.0433 e. The van der Waals surface area contributed by atoms with Crippen LogP contribution in [0.25, 0.3) is 95.0 Å². The number of aromatic nitrogens is 4. The summed E-state index contributed by atoms with van der Waals surface area (Å²) in [4.78, 5) is 15.3. The quantitative estimate of drug-likeness (QED) is 0.157. The van der Waals surface area contributed by atoms with Crippen LogP contribution in [0.4, 0.5) is 0 Å². The molecule has 0 saturated carbocycles. The van der Waals surface area contributed by atoms with E-state index >= 15 is 0 Å². The second-order valence-corrected chi connectivity index (χ2v) is 16.8. The zero-order chi connectivity index (χ0) is 37.0. The minimum Gasteiger partial charge on any atom is -0.0617 e. The summed E-state index contributed by atoms with van der Waals surface area (Å²) in [6.07, 6.45) is 0. The van der Waals surface area contributed by atoms with E-state index in [4.69, 9.17) is 15.0 Å². The van der Waals surface area contributed by atoms with E-state index < -0.39 is 0 Å². The van der Waals surface area contributed by atoms with Gasteiger partial charge in [0.25, 0.3) is 0 Å². The van der Waals surface area contributed by atoms with Gasteiger partial charge in [0.15, 0.2) is 0 Å². The van der Waals surface area contributed by atoms with Crippen molar-refractivity contribution in [2.75, 3.05) is 0 Å². The molecular weight excluding hydrogens is 795 g/mol. The van der Waals surface area contributed by atoms with E-state index in [0.29, 0.717) is 17.5 Å². The van der Waals surface area contributed by atoms with Crippen LogP contribution in [0.1, 0.15) is 0 Å². The minimum atomic E-state index is -0.272. The van der Waals surface area contributed by atoms with Gasteiger partial charge in [0.05, 0.1) is 0 Å². The van der Waals surface area contributed by atoms with E-state index in [0.717, 1.165) is 39.0 Å². The van der Waals surface area contributed by atoms with Crippen LogP contribution in [0.3, 0.4) is 0 Å². The first-order valence-electron chi connectivity index (χ1n) is 18.7. The van der Waals surface area contributed by atoms with Crippen LogP contribution in [-0.2, 0) is 0 Å². The Bertz CT molecular complexity index is 3110. The van der Waals surface area contributed by atoms with E-state index in [9.17, 15) is 0 Å². The average molecular weight is 828 g/mol. The average Bonchev–Trinajstić information content (AvgIpc) is 3.83. The normalized spacial score (nSPS) is 12.0. The number of nitrogens with zero attached hydrogens (tertiary/aromatic N) is 4. The molecule has 264 valence electrons. The van der Waals surface area contributed by atoms with Crippen LogP contribution < -0.4 is 21.2 Å². The van der Waals surface area contributed by atoms with Gasteiger partial charge in [0.1, 0.15) is 0 Å². The summed E-state index contributed by atoms with van der Waals surface area (Å²) in [5.74, 6) is 1.91. The monoisotopic (exact) mass is 827 g/mol. The van der Waals surface area contributed by atoms with Gasteiger partial charge in [-0.2, -0.15) is 0 Å². The van der Waals surface area contributed by atoms with Crippen molar-refractivity contribution in [2.45, 2.75) is 0 Å². The van der Waals surface area contributed by atoms with Crippen molar-refractivity contribution in [3.8, 4) is 73.2 Å². The SMILES string of the molecule is c1ccc(-c2cccc(-c3nc(-c4ccccc4)nc(-c4cccc(-n5c6ccccc6c6ccc(-c7cccc8c7[I-]c7ccccc7-8)cc65)c4)n3)c2)cc1. The molecule has 0 amide bonds. The Hall–Kier alpha value is -6.70. The van der Waals surface area contributed by atoms with Crippen molar-refractivity contribution in [3.05, 3.63) is 201 Å². The van der Waals surface area contributed by atoms with Crippen LogP contribution >= 0.6 is 0 Å². The summed E-state index contributed by atoms with van der Waals surface area (Å²) in [7, 11) is 0. The number of halogens is 1. The van der Waals surface area contributed by atoms with E-state index in [1.807, 2.05) is 24.3 Å². The van der Waals surface area contributed by atoms with Gasteiger partial charge in [-0.05, 0) is 17.2 Å². The summed E-state index contributed by atoms with van der Waals surface area (Å²) < 4.78 is 5.40. The molecule has 0 aliphatic carbocycles. The molecule has 0 atom stereocenters. The Morgan fingerprint density at radius 1 is 0.339 bits per heavy atom. The van der Waals surface area contributed by atoms with Gasteiger partial charge in [-0.15, -0.1) is 0 Å². The van der Waals surface area contributed by atoms with Gasteiger partial charge in [0.2, 0.25) is 0 Å². The Morgan fingerprint density at radius 3 is 1.73 bits per heavy atom. The zero-order valence-corrected chi connectivity index (χ0v) is 32.3. The fraction of sp³-hybridized carbons (Fsp3) is 0. The number of fused-ring (bicyclic) bond motifs is 6. The summed E-state index contributed by atoms with van der Waals surface area (Å²) in [6, 6.07) is 69.1. The maximum absolute atomic E-state index is 5.16. The van der Waals surface area contributed by atoms with Crippen molar-refractivity contribution in [2.24, 2.45) is 0 Å². The van der Waals surface area contributed by atoms with Gasteiger partial charge in [-0.3, -0.25) is 0 Å². The number of rotatable bonds is 6. The summed E-state index contributed by atoms with van der Waals surface area (Å²) in [5, 5.41) is 2.46. The van der Waals surface area contributed by atoms with Crippen molar-refractivity contribution in [1.29, 1.82) is 0 Å². The van der Waals surface area contributed by atoms with Gasteiger partial charge in [-0.25, -0.2) is 4.98 Å². The van der Waals surface area contributed by atoms with E-state index in [-0.39, 0.29) is 21.2 Å². The van der Waals surface area contributed by atoms with Crippen LogP contribution in [-0.4, -0.2) is 19.5 Å². The number of hydrogen-bond acceptors (Lipinski definition) is 3. The largest absolute Gasteiger partial charge is 0.0617 e. The van der Waals surface area contributed by atoms with Crippen molar-refractivity contribution >= 4 is 21.8 Å². The molecular formula is C51H32IN4-. The molecule has 0 saturated heterocycles. The van der Waals surface area contributed by atoms with E-state index in [1.54, 1.807) is 0 Å². The molecule has 56 heavy (non-hydrogen) atoms. The Labute approximate surface area is 335 Å². The van der Waals surface area contributed by atoms with Crippen molar-refractivity contribution in [1.82, 2.24) is 19.5 Å². The molecule has 0 bridgehead atoms. The van der Waals surface area contributed by atoms with Crippen molar-refractivity contribution in [3.63, 3.8) is 0 Å². The second-order valence-electron chi connectivity index (χ2n) is 14.0. The number of benzene rings is 8. The fourth-order valence-corrected chi connectivity index (χ4v) is 11.2. The van der Waals surface area contributed by atoms with E-state index in [2.05, 4.69) is 174 Å². The number of hydrogen-bond donors (Lipinski definition) is 0. The zero-order valence-electron chi connectivity index (χ0n) is 30.1. The topological polar surface area (TPSA) is 43.6 Å². The molecule has 5 heteroatoms. The summed E-state index contributed by atoms with van der Waals surface area (Å²) >= 11 is -0.272. The molecule has 0 spiro atoms. The third-order valence-electron chi connectivity index (χ3n) is 10.6. The Balaban J connectivity index is 1.07. The molecule has 8 aromatic carbocycles. The molecule has 11 rings (SSSR count). The second kappa shape index (κ2) is 13.6. The third-order valence-corrected chi connectivity index (χ3v) is 13.8. The maximum Gasteiger partial charge on any atom is -0.0433 e.